The van der Waals surface area contributed by atoms with Gasteiger partial charge in [0.25, 0.3) is 10.0 Å². The Morgan fingerprint density at radius 3 is 2.48 bits per heavy atom. The molecule has 0 aromatic heterocycles. The summed E-state index contributed by atoms with van der Waals surface area (Å²) in [4.78, 5) is 13.2. The van der Waals surface area contributed by atoms with E-state index in [9.17, 15) is 13.2 Å². The van der Waals surface area contributed by atoms with E-state index in [1.807, 2.05) is 0 Å². The fourth-order valence-corrected chi connectivity index (χ4v) is 2.42. The highest BCUT2D eigenvalue weighted by molar-refractivity contribution is 7.90. The van der Waals surface area contributed by atoms with Gasteiger partial charge in [0.15, 0.2) is 0 Å². The van der Waals surface area contributed by atoms with E-state index < -0.39 is 15.6 Å². The first-order valence-corrected chi connectivity index (χ1v) is 8.58. The second-order valence-corrected chi connectivity index (χ2v) is 7.23. The topological polar surface area (TPSA) is 88.1 Å². The molecular formula is C13H27N3O4S. The van der Waals surface area contributed by atoms with Crippen LogP contribution >= 0.6 is 0 Å². The number of esters is 1. The maximum atomic E-state index is 11.6. The zero-order chi connectivity index (χ0) is 16.5. The molecule has 21 heavy (non-hydrogen) atoms. The van der Waals surface area contributed by atoms with Crippen molar-refractivity contribution in [2.24, 2.45) is 4.40 Å². The van der Waals surface area contributed by atoms with Crippen LogP contribution in [0.25, 0.3) is 0 Å². The Morgan fingerprint density at radius 2 is 1.95 bits per heavy atom. The molecule has 0 atom stereocenters. The van der Waals surface area contributed by atoms with Crippen molar-refractivity contribution >= 4 is 22.3 Å². The number of unbranched alkanes of at least 4 members (excludes halogenated alkanes) is 1. The number of rotatable bonds is 10. The first-order valence-electron chi connectivity index (χ1n) is 6.97. The highest BCUT2D eigenvalue weighted by Gasteiger charge is 2.27. The second-order valence-electron chi connectivity index (χ2n) is 5.45. The fraction of sp³-hybridized carbons (Fsp3) is 0.846. The minimum Gasteiger partial charge on any atom is -0.465 e. The molecule has 0 saturated heterocycles. The maximum absolute atomic E-state index is 11.6. The Morgan fingerprint density at radius 1 is 1.33 bits per heavy atom. The normalized spacial score (nSPS) is 12.6. The van der Waals surface area contributed by atoms with Gasteiger partial charge in [0, 0.05) is 14.1 Å². The summed E-state index contributed by atoms with van der Waals surface area (Å²) in [5.74, 6) is -0.313. The quantitative estimate of drug-likeness (QED) is 0.275. The van der Waals surface area contributed by atoms with Crippen LogP contribution in [0.4, 0.5) is 0 Å². The number of ether oxygens (including phenoxy) is 1. The lowest BCUT2D eigenvalue weighted by atomic mass is 10.1. The average molecular weight is 321 g/mol. The van der Waals surface area contributed by atoms with Crippen molar-refractivity contribution in [1.29, 1.82) is 0 Å². The van der Waals surface area contributed by atoms with E-state index in [-0.39, 0.29) is 11.7 Å². The second kappa shape index (κ2) is 8.99. The Balaban J connectivity index is 4.04. The van der Waals surface area contributed by atoms with Crippen molar-refractivity contribution in [3.8, 4) is 0 Å². The molecule has 1 N–H and O–H groups in total. The summed E-state index contributed by atoms with van der Waals surface area (Å²) in [5.41, 5.74) is -0.766. The van der Waals surface area contributed by atoms with Crippen LogP contribution in [0.15, 0.2) is 4.40 Å². The Kier molecular flexibility index (Phi) is 8.50. The summed E-state index contributed by atoms with van der Waals surface area (Å²) in [7, 11) is 0.00831. The Bertz CT molecular complexity index is 444. The van der Waals surface area contributed by atoms with Crippen molar-refractivity contribution in [1.82, 2.24) is 10.2 Å². The zero-order valence-electron chi connectivity index (χ0n) is 13.5. The van der Waals surface area contributed by atoms with Gasteiger partial charge in [-0.25, -0.2) is 8.42 Å². The molecule has 0 fully saturated rings. The summed E-state index contributed by atoms with van der Waals surface area (Å²) < 4.78 is 31.6. The Labute approximate surface area is 127 Å². The molecule has 0 aromatic carbocycles. The van der Waals surface area contributed by atoms with E-state index in [1.165, 1.54) is 6.34 Å². The summed E-state index contributed by atoms with van der Waals surface area (Å²) in [5, 5.41) is 3.06. The number of carbonyl (C=O) groups excluding carboxylic acids is 1. The van der Waals surface area contributed by atoms with E-state index in [0.717, 1.165) is 0 Å². The molecule has 0 heterocycles. The highest BCUT2D eigenvalue weighted by Crippen LogP contribution is 2.06. The van der Waals surface area contributed by atoms with E-state index in [4.69, 9.17) is 4.74 Å². The molecule has 0 rings (SSSR count). The number of hydrogen-bond acceptors (Lipinski definition) is 5. The predicted molar refractivity (Wildman–Crippen MR) is 83.9 cm³/mol. The maximum Gasteiger partial charge on any atom is 0.325 e. The Hall–Kier alpha value is -1.15. The van der Waals surface area contributed by atoms with Gasteiger partial charge in [0.1, 0.15) is 11.9 Å². The van der Waals surface area contributed by atoms with Gasteiger partial charge >= 0.3 is 5.97 Å². The highest BCUT2D eigenvalue weighted by atomic mass is 32.2. The van der Waals surface area contributed by atoms with Gasteiger partial charge in [-0.3, -0.25) is 4.79 Å². The van der Waals surface area contributed by atoms with Crippen LogP contribution in [0.3, 0.4) is 0 Å². The first kappa shape index (κ1) is 19.9. The lowest BCUT2D eigenvalue weighted by Crippen LogP contribution is -2.48. The van der Waals surface area contributed by atoms with Crippen LogP contribution in [-0.2, 0) is 19.6 Å². The van der Waals surface area contributed by atoms with Crippen LogP contribution in [0.1, 0.15) is 33.6 Å². The monoisotopic (exact) mass is 321 g/mol. The molecule has 0 bridgehead atoms. The van der Waals surface area contributed by atoms with E-state index >= 15 is 0 Å². The molecule has 8 heteroatoms. The van der Waals surface area contributed by atoms with Crippen molar-refractivity contribution < 1.29 is 17.9 Å². The standard InChI is InChI=1S/C13H27N3O4S/c1-6-20-12(17)13(2,3)14-9-7-8-10-21(18,19)15-11-16(4)5/h11,14H,6-10H2,1-5H3/b15-11+. The van der Waals surface area contributed by atoms with Crippen LogP contribution in [0.2, 0.25) is 0 Å². The van der Waals surface area contributed by atoms with Gasteiger partial charge in [-0.15, -0.1) is 0 Å². The van der Waals surface area contributed by atoms with E-state index in [2.05, 4.69) is 9.71 Å². The lowest BCUT2D eigenvalue weighted by Gasteiger charge is -2.23. The third kappa shape index (κ3) is 9.41. The summed E-state index contributed by atoms with van der Waals surface area (Å²) >= 11 is 0. The van der Waals surface area contributed by atoms with Crippen molar-refractivity contribution in [3.63, 3.8) is 0 Å². The molecule has 0 aliphatic carbocycles. The van der Waals surface area contributed by atoms with Gasteiger partial charge < -0.3 is 15.0 Å². The van der Waals surface area contributed by atoms with Gasteiger partial charge in [0.2, 0.25) is 0 Å². The van der Waals surface area contributed by atoms with Crippen LogP contribution in [-0.4, -0.2) is 64.2 Å². The summed E-state index contributed by atoms with van der Waals surface area (Å²) in [6, 6.07) is 0. The summed E-state index contributed by atoms with van der Waals surface area (Å²) in [6.07, 6.45) is 2.40. The number of nitrogens with one attached hydrogen (secondary N) is 1. The molecule has 0 aliphatic rings. The number of hydrogen-bond donors (Lipinski definition) is 1. The van der Waals surface area contributed by atoms with Gasteiger partial charge in [0.05, 0.1) is 12.4 Å². The van der Waals surface area contributed by atoms with Crippen LogP contribution in [0, 0.1) is 0 Å². The molecule has 124 valence electrons. The van der Waals surface area contributed by atoms with Crippen LogP contribution < -0.4 is 5.32 Å². The average Bonchev–Trinajstić information content (AvgIpc) is 2.36. The molecule has 0 saturated carbocycles. The number of nitrogens with zero attached hydrogens (tertiary/aromatic N) is 2. The summed E-state index contributed by atoms with van der Waals surface area (Å²) in [6.45, 7) is 6.12. The first-order chi connectivity index (χ1) is 9.60. The molecule has 0 amide bonds. The van der Waals surface area contributed by atoms with Crippen LogP contribution in [0.5, 0.6) is 0 Å². The molecule has 0 unspecified atom stereocenters. The molecule has 7 nitrogen and oxygen atoms in total. The molecule has 0 spiro atoms. The largest absolute Gasteiger partial charge is 0.465 e. The van der Waals surface area contributed by atoms with Gasteiger partial charge in [-0.1, -0.05) is 0 Å². The van der Waals surface area contributed by atoms with Crippen molar-refractivity contribution in [2.45, 2.75) is 39.2 Å². The van der Waals surface area contributed by atoms with Crippen molar-refractivity contribution in [2.75, 3.05) is 33.0 Å². The third-order valence-electron chi connectivity index (χ3n) is 2.62. The van der Waals surface area contributed by atoms with Gasteiger partial charge in [-0.05, 0) is 40.2 Å². The smallest absolute Gasteiger partial charge is 0.325 e. The minimum absolute atomic E-state index is 0.00114. The van der Waals surface area contributed by atoms with Crippen molar-refractivity contribution in [3.05, 3.63) is 0 Å². The lowest BCUT2D eigenvalue weighted by molar-refractivity contribution is -0.149. The predicted octanol–water partition coefficient (Wildman–Crippen LogP) is 0.618. The molecule has 0 radical (unpaired) electrons. The molecule has 0 aliphatic heterocycles. The molecular weight excluding hydrogens is 294 g/mol. The third-order valence-corrected chi connectivity index (χ3v) is 3.84. The van der Waals surface area contributed by atoms with E-state index in [1.54, 1.807) is 39.8 Å². The zero-order valence-corrected chi connectivity index (χ0v) is 14.4. The number of carbonyl (C=O) groups is 1. The number of sulfonamides is 1. The SMILES string of the molecule is CCOC(=O)C(C)(C)NCCCCS(=O)(=O)/N=C/N(C)C. The van der Waals surface area contributed by atoms with Gasteiger partial charge in [-0.2, -0.15) is 4.40 Å². The molecule has 0 aromatic rings. The van der Waals surface area contributed by atoms with E-state index in [0.29, 0.717) is 26.0 Å². The minimum atomic E-state index is -3.41. The fourth-order valence-electron chi connectivity index (χ4n) is 1.41.